The first-order chi connectivity index (χ1) is 8.69. The van der Waals surface area contributed by atoms with Crippen molar-refractivity contribution in [3.8, 4) is 0 Å². The van der Waals surface area contributed by atoms with Gasteiger partial charge in [0.05, 0.1) is 5.92 Å². The summed E-state index contributed by atoms with van der Waals surface area (Å²) in [6, 6.07) is 4.73. The van der Waals surface area contributed by atoms with Crippen LogP contribution in [0.25, 0.3) is 0 Å². The summed E-state index contributed by atoms with van der Waals surface area (Å²) in [6.07, 6.45) is 4.85. The highest BCUT2D eigenvalue weighted by atomic mass is 32.1. The van der Waals surface area contributed by atoms with Crippen molar-refractivity contribution < 1.29 is 9.90 Å². The van der Waals surface area contributed by atoms with E-state index >= 15 is 0 Å². The second kappa shape index (κ2) is 6.34. The van der Waals surface area contributed by atoms with Gasteiger partial charge in [-0.25, -0.2) is 0 Å². The molecule has 1 saturated carbocycles. The van der Waals surface area contributed by atoms with Gasteiger partial charge in [-0.05, 0) is 37.8 Å². The summed E-state index contributed by atoms with van der Waals surface area (Å²) in [5.74, 6) is -0.781. The monoisotopic (exact) mass is 267 g/mol. The lowest BCUT2D eigenvalue weighted by Crippen LogP contribution is -2.35. The van der Waals surface area contributed by atoms with Crippen molar-refractivity contribution in [1.82, 2.24) is 5.32 Å². The van der Waals surface area contributed by atoms with E-state index in [2.05, 4.69) is 24.4 Å². The summed E-state index contributed by atoms with van der Waals surface area (Å²) < 4.78 is 0. The fourth-order valence-corrected chi connectivity index (χ4v) is 3.46. The molecule has 100 valence electrons. The molecule has 0 aromatic carbocycles. The third-order valence-corrected chi connectivity index (χ3v) is 4.88. The Balaban J connectivity index is 1.80. The largest absolute Gasteiger partial charge is 0.481 e. The van der Waals surface area contributed by atoms with E-state index in [0.29, 0.717) is 6.04 Å². The summed E-state index contributed by atoms with van der Waals surface area (Å²) in [6.45, 7) is 3.04. The SMILES string of the molecule is CCc1ccc(CNC2CCCC(C(=O)O)C2)s1. The van der Waals surface area contributed by atoms with Crippen LogP contribution in [0.15, 0.2) is 12.1 Å². The number of carbonyl (C=O) groups is 1. The molecule has 1 fully saturated rings. The lowest BCUT2D eigenvalue weighted by atomic mass is 9.86. The molecule has 3 nitrogen and oxygen atoms in total. The first-order valence-corrected chi connectivity index (χ1v) is 7.54. The van der Waals surface area contributed by atoms with E-state index in [-0.39, 0.29) is 5.92 Å². The van der Waals surface area contributed by atoms with Gasteiger partial charge in [-0.2, -0.15) is 0 Å². The van der Waals surface area contributed by atoms with Crippen LogP contribution >= 0.6 is 11.3 Å². The highest BCUT2D eigenvalue weighted by Gasteiger charge is 2.26. The molecule has 1 aliphatic rings. The van der Waals surface area contributed by atoms with Gasteiger partial charge in [0.15, 0.2) is 0 Å². The Morgan fingerprint density at radius 1 is 1.44 bits per heavy atom. The molecule has 18 heavy (non-hydrogen) atoms. The Bertz CT molecular complexity index is 402. The van der Waals surface area contributed by atoms with Gasteiger partial charge in [0.2, 0.25) is 0 Å². The summed E-state index contributed by atoms with van der Waals surface area (Å²) in [7, 11) is 0. The van der Waals surface area contributed by atoms with Crippen LogP contribution in [0.5, 0.6) is 0 Å². The molecule has 0 saturated heterocycles. The van der Waals surface area contributed by atoms with E-state index in [1.54, 1.807) is 0 Å². The van der Waals surface area contributed by atoms with Gasteiger partial charge < -0.3 is 10.4 Å². The number of hydrogen-bond donors (Lipinski definition) is 2. The van der Waals surface area contributed by atoms with Gasteiger partial charge >= 0.3 is 5.97 Å². The van der Waals surface area contributed by atoms with E-state index < -0.39 is 5.97 Å². The van der Waals surface area contributed by atoms with Crippen LogP contribution in [0.1, 0.15) is 42.4 Å². The van der Waals surface area contributed by atoms with Crippen molar-refractivity contribution in [2.45, 2.75) is 51.6 Å². The average molecular weight is 267 g/mol. The molecule has 0 radical (unpaired) electrons. The fourth-order valence-electron chi connectivity index (χ4n) is 2.55. The Hall–Kier alpha value is -0.870. The molecule has 2 rings (SSSR count). The number of aryl methyl sites for hydroxylation is 1. The molecule has 0 bridgehead atoms. The van der Waals surface area contributed by atoms with E-state index in [1.807, 2.05) is 11.3 Å². The second-order valence-corrected chi connectivity index (χ2v) is 6.25. The minimum absolute atomic E-state index is 0.147. The standard InChI is InChI=1S/C14H21NO2S/c1-2-12-6-7-13(18-12)9-15-11-5-3-4-10(8-11)14(16)17/h6-7,10-11,15H,2-5,8-9H2,1H3,(H,16,17). The maximum Gasteiger partial charge on any atom is 0.306 e. The van der Waals surface area contributed by atoms with Gasteiger partial charge in [-0.15, -0.1) is 11.3 Å². The van der Waals surface area contributed by atoms with Gasteiger partial charge in [0, 0.05) is 22.3 Å². The minimum Gasteiger partial charge on any atom is -0.481 e. The van der Waals surface area contributed by atoms with Crippen LogP contribution in [-0.4, -0.2) is 17.1 Å². The molecule has 1 aromatic heterocycles. The van der Waals surface area contributed by atoms with E-state index in [9.17, 15) is 4.79 Å². The smallest absolute Gasteiger partial charge is 0.306 e. The van der Waals surface area contributed by atoms with E-state index in [0.717, 1.165) is 38.6 Å². The van der Waals surface area contributed by atoms with Crippen molar-refractivity contribution in [2.24, 2.45) is 5.92 Å². The summed E-state index contributed by atoms with van der Waals surface area (Å²) in [4.78, 5) is 13.8. The van der Waals surface area contributed by atoms with Crippen LogP contribution < -0.4 is 5.32 Å². The lowest BCUT2D eigenvalue weighted by Gasteiger charge is -2.27. The highest BCUT2D eigenvalue weighted by Crippen LogP contribution is 2.25. The van der Waals surface area contributed by atoms with Gasteiger partial charge in [-0.3, -0.25) is 4.79 Å². The molecule has 1 heterocycles. The zero-order valence-corrected chi connectivity index (χ0v) is 11.6. The van der Waals surface area contributed by atoms with Crippen molar-refractivity contribution in [3.63, 3.8) is 0 Å². The number of carboxylic acid groups (broad SMARTS) is 1. The molecule has 2 atom stereocenters. The first-order valence-electron chi connectivity index (χ1n) is 6.72. The van der Waals surface area contributed by atoms with Gasteiger partial charge in [-0.1, -0.05) is 13.3 Å². The number of nitrogens with one attached hydrogen (secondary N) is 1. The molecular weight excluding hydrogens is 246 g/mol. The first kappa shape index (κ1) is 13.6. The molecule has 4 heteroatoms. The number of hydrogen-bond acceptors (Lipinski definition) is 3. The third-order valence-electron chi connectivity index (χ3n) is 3.65. The maximum absolute atomic E-state index is 11.0. The Kier molecular flexibility index (Phi) is 4.78. The van der Waals surface area contributed by atoms with Crippen molar-refractivity contribution in [3.05, 3.63) is 21.9 Å². The van der Waals surface area contributed by atoms with Gasteiger partial charge in [0.25, 0.3) is 0 Å². The van der Waals surface area contributed by atoms with Crippen molar-refractivity contribution in [2.75, 3.05) is 0 Å². The molecule has 1 aliphatic carbocycles. The summed E-state index contributed by atoms with van der Waals surface area (Å²) in [5, 5.41) is 12.6. The molecule has 1 aromatic rings. The predicted molar refractivity (Wildman–Crippen MR) is 73.9 cm³/mol. The van der Waals surface area contributed by atoms with Crippen LogP contribution in [0.3, 0.4) is 0 Å². The molecular formula is C14H21NO2S. The number of rotatable bonds is 5. The molecule has 0 amide bonds. The van der Waals surface area contributed by atoms with Crippen LogP contribution in [-0.2, 0) is 17.8 Å². The highest BCUT2D eigenvalue weighted by molar-refractivity contribution is 7.11. The minimum atomic E-state index is -0.633. The zero-order chi connectivity index (χ0) is 13.0. The normalized spacial score (nSPS) is 24.1. The Morgan fingerprint density at radius 3 is 2.89 bits per heavy atom. The summed E-state index contributed by atoms with van der Waals surface area (Å²) in [5.41, 5.74) is 0. The molecule has 0 aliphatic heterocycles. The topological polar surface area (TPSA) is 49.3 Å². The number of thiophene rings is 1. The van der Waals surface area contributed by atoms with Gasteiger partial charge in [0.1, 0.15) is 0 Å². The van der Waals surface area contributed by atoms with Crippen molar-refractivity contribution in [1.29, 1.82) is 0 Å². The molecule has 2 unspecified atom stereocenters. The van der Waals surface area contributed by atoms with Crippen LogP contribution in [0, 0.1) is 5.92 Å². The molecule has 2 N–H and O–H groups in total. The second-order valence-electron chi connectivity index (χ2n) is 5.00. The van der Waals surface area contributed by atoms with E-state index in [4.69, 9.17) is 5.11 Å². The number of aliphatic carboxylic acids is 1. The van der Waals surface area contributed by atoms with E-state index in [1.165, 1.54) is 9.75 Å². The predicted octanol–water partition coefficient (Wildman–Crippen LogP) is 3.04. The van der Waals surface area contributed by atoms with Crippen molar-refractivity contribution >= 4 is 17.3 Å². The zero-order valence-electron chi connectivity index (χ0n) is 10.8. The quantitative estimate of drug-likeness (QED) is 0.862. The Morgan fingerprint density at radius 2 is 2.22 bits per heavy atom. The van der Waals surface area contributed by atoms with Crippen LogP contribution in [0.2, 0.25) is 0 Å². The fraction of sp³-hybridized carbons (Fsp3) is 0.643. The maximum atomic E-state index is 11.0. The lowest BCUT2D eigenvalue weighted by molar-refractivity contribution is -0.143. The third kappa shape index (κ3) is 3.56. The molecule has 0 spiro atoms. The average Bonchev–Trinajstić information content (AvgIpc) is 2.84. The summed E-state index contributed by atoms with van der Waals surface area (Å²) >= 11 is 1.85. The Labute approximate surface area is 112 Å². The van der Waals surface area contributed by atoms with Crippen LogP contribution in [0.4, 0.5) is 0 Å². The number of carboxylic acids is 1.